The third-order valence-electron chi connectivity index (χ3n) is 4.72. The molecule has 0 aromatic carbocycles. The van der Waals surface area contributed by atoms with E-state index in [0.717, 1.165) is 31.3 Å². The Bertz CT molecular complexity index is 438. The summed E-state index contributed by atoms with van der Waals surface area (Å²) in [5.74, 6) is 2.16. The summed E-state index contributed by atoms with van der Waals surface area (Å²) in [6.07, 6.45) is 2.37. The van der Waals surface area contributed by atoms with Crippen LogP contribution >= 0.6 is 12.4 Å². The number of likely N-dealkylation sites (N-methyl/N-ethyl adjacent to an activating group) is 1. The van der Waals surface area contributed by atoms with Gasteiger partial charge in [-0.2, -0.15) is 4.98 Å². The second-order valence-corrected chi connectivity index (χ2v) is 5.96. The highest BCUT2D eigenvalue weighted by Gasteiger charge is 2.52. The summed E-state index contributed by atoms with van der Waals surface area (Å²) in [6.45, 7) is 7.51. The molecule has 1 aliphatic heterocycles. The standard InChI is InChI=1S/C13H22N4O.ClH/c1-4-13(2)7-9(13)12-15-11(16-18-12)10-8-14-5-6-17(10)3;/h9-10,14H,4-8H2,1-3H3;1H. The maximum absolute atomic E-state index is 5.47. The molecule has 3 atom stereocenters. The van der Waals surface area contributed by atoms with Crippen LogP contribution in [0.1, 0.15) is 50.4 Å². The van der Waals surface area contributed by atoms with Crippen LogP contribution in [-0.4, -0.2) is 41.7 Å². The van der Waals surface area contributed by atoms with Gasteiger partial charge in [0.2, 0.25) is 5.89 Å². The summed E-state index contributed by atoms with van der Waals surface area (Å²) in [5, 5.41) is 7.57. The summed E-state index contributed by atoms with van der Waals surface area (Å²) in [4.78, 5) is 6.92. The zero-order valence-corrected chi connectivity index (χ0v) is 12.7. The van der Waals surface area contributed by atoms with Crippen LogP contribution in [0.5, 0.6) is 0 Å². The number of piperazine rings is 1. The lowest BCUT2D eigenvalue weighted by Crippen LogP contribution is -2.44. The van der Waals surface area contributed by atoms with Crippen molar-refractivity contribution in [2.24, 2.45) is 5.41 Å². The molecule has 1 aromatic heterocycles. The Kier molecular flexibility index (Phi) is 4.18. The summed E-state index contributed by atoms with van der Waals surface area (Å²) < 4.78 is 5.47. The van der Waals surface area contributed by atoms with Crippen molar-refractivity contribution in [2.75, 3.05) is 26.7 Å². The van der Waals surface area contributed by atoms with Crippen LogP contribution in [0.15, 0.2) is 4.52 Å². The minimum atomic E-state index is 0. The van der Waals surface area contributed by atoms with Crippen LogP contribution in [0, 0.1) is 5.41 Å². The van der Waals surface area contributed by atoms with Gasteiger partial charge in [-0.25, -0.2) is 0 Å². The summed E-state index contributed by atoms with van der Waals surface area (Å²) >= 11 is 0. The Hall–Kier alpha value is -0.650. The zero-order chi connectivity index (χ0) is 12.8. The molecule has 0 bridgehead atoms. The molecule has 19 heavy (non-hydrogen) atoms. The fourth-order valence-electron chi connectivity index (χ4n) is 2.80. The zero-order valence-electron chi connectivity index (χ0n) is 11.8. The van der Waals surface area contributed by atoms with Gasteiger partial charge in [-0.1, -0.05) is 19.0 Å². The SMILES string of the molecule is CCC1(C)CC1c1nc(C2CNCCN2C)no1.Cl. The van der Waals surface area contributed by atoms with Gasteiger partial charge in [0.05, 0.1) is 6.04 Å². The first-order chi connectivity index (χ1) is 8.64. The Morgan fingerprint density at radius 1 is 1.53 bits per heavy atom. The van der Waals surface area contributed by atoms with Gasteiger partial charge in [-0.3, -0.25) is 4.90 Å². The molecule has 2 heterocycles. The van der Waals surface area contributed by atoms with Crippen molar-refractivity contribution in [3.63, 3.8) is 0 Å². The minimum Gasteiger partial charge on any atom is -0.339 e. The third kappa shape index (κ3) is 2.64. The first-order valence-corrected chi connectivity index (χ1v) is 6.88. The quantitative estimate of drug-likeness (QED) is 0.921. The molecule has 1 aromatic rings. The molecule has 6 heteroatoms. The molecule has 0 amide bonds. The lowest BCUT2D eigenvalue weighted by atomic mass is 10.0. The van der Waals surface area contributed by atoms with E-state index in [1.807, 2.05) is 0 Å². The van der Waals surface area contributed by atoms with Crippen molar-refractivity contribution in [1.29, 1.82) is 0 Å². The molecule has 1 saturated heterocycles. The highest BCUT2D eigenvalue weighted by atomic mass is 35.5. The predicted octanol–water partition coefficient (Wildman–Crippen LogP) is 1.97. The number of nitrogens with one attached hydrogen (secondary N) is 1. The molecular formula is C13H23ClN4O. The number of hydrogen-bond acceptors (Lipinski definition) is 5. The first kappa shape index (κ1) is 14.8. The average molecular weight is 287 g/mol. The molecule has 0 radical (unpaired) electrons. The second-order valence-electron chi connectivity index (χ2n) is 5.96. The van der Waals surface area contributed by atoms with E-state index in [-0.39, 0.29) is 18.4 Å². The van der Waals surface area contributed by atoms with Gasteiger partial charge in [0.15, 0.2) is 5.82 Å². The number of nitrogens with zero attached hydrogens (tertiary/aromatic N) is 3. The largest absolute Gasteiger partial charge is 0.339 e. The second kappa shape index (κ2) is 5.38. The number of aromatic nitrogens is 2. The maximum Gasteiger partial charge on any atom is 0.230 e. The number of halogens is 1. The first-order valence-electron chi connectivity index (χ1n) is 6.88. The average Bonchev–Trinajstić information content (AvgIpc) is 2.86. The van der Waals surface area contributed by atoms with Crippen LogP contribution in [0.3, 0.4) is 0 Å². The number of rotatable bonds is 3. The summed E-state index contributed by atoms with van der Waals surface area (Å²) in [5.41, 5.74) is 0.389. The van der Waals surface area contributed by atoms with Crippen molar-refractivity contribution in [3.8, 4) is 0 Å². The highest BCUT2D eigenvalue weighted by Crippen LogP contribution is 2.60. The lowest BCUT2D eigenvalue weighted by Gasteiger charge is -2.30. The van der Waals surface area contributed by atoms with E-state index in [1.54, 1.807) is 0 Å². The van der Waals surface area contributed by atoms with Crippen molar-refractivity contribution in [1.82, 2.24) is 20.4 Å². The van der Waals surface area contributed by atoms with Gasteiger partial charge in [0, 0.05) is 25.6 Å². The Morgan fingerprint density at radius 2 is 2.32 bits per heavy atom. The van der Waals surface area contributed by atoms with E-state index in [1.165, 1.54) is 12.8 Å². The maximum atomic E-state index is 5.47. The van der Waals surface area contributed by atoms with Crippen molar-refractivity contribution < 1.29 is 4.52 Å². The van der Waals surface area contributed by atoms with Gasteiger partial charge >= 0.3 is 0 Å². The predicted molar refractivity (Wildman–Crippen MR) is 75.5 cm³/mol. The fourth-order valence-corrected chi connectivity index (χ4v) is 2.80. The van der Waals surface area contributed by atoms with Gasteiger partial charge in [-0.15, -0.1) is 12.4 Å². The summed E-state index contributed by atoms with van der Waals surface area (Å²) in [6, 6.07) is 0.253. The van der Waals surface area contributed by atoms with E-state index < -0.39 is 0 Å². The Balaban J connectivity index is 0.00000133. The molecule has 108 valence electrons. The Labute approximate surface area is 120 Å². The molecule has 5 nitrogen and oxygen atoms in total. The molecule has 2 aliphatic rings. The van der Waals surface area contributed by atoms with E-state index in [2.05, 4.69) is 41.3 Å². The van der Waals surface area contributed by atoms with E-state index >= 15 is 0 Å². The van der Waals surface area contributed by atoms with Gasteiger partial charge < -0.3 is 9.84 Å². The lowest BCUT2D eigenvalue weighted by molar-refractivity contribution is 0.190. The molecule has 3 rings (SSSR count). The van der Waals surface area contributed by atoms with Crippen LogP contribution in [-0.2, 0) is 0 Å². The molecule has 1 aliphatic carbocycles. The topological polar surface area (TPSA) is 54.2 Å². The highest BCUT2D eigenvalue weighted by molar-refractivity contribution is 5.85. The van der Waals surface area contributed by atoms with Gasteiger partial charge in [0.1, 0.15) is 0 Å². The molecule has 2 fully saturated rings. The molecule has 1 N–H and O–H groups in total. The van der Waals surface area contributed by atoms with Crippen LogP contribution in [0.2, 0.25) is 0 Å². The van der Waals surface area contributed by atoms with E-state index in [9.17, 15) is 0 Å². The van der Waals surface area contributed by atoms with Crippen molar-refractivity contribution in [3.05, 3.63) is 11.7 Å². The Morgan fingerprint density at radius 3 is 2.95 bits per heavy atom. The van der Waals surface area contributed by atoms with Crippen molar-refractivity contribution >= 4 is 12.4 Å². The third-order valence-corrected chi connectivity index (χ3v) is 4.72. The van der Waals surface area contributed by atoms with Gasteiger partial charge in [-0.05, 0) is 25.3 Å². The smallest absolute Gasteiger partial charge is 0.230 e. The van der Waals surface area contributed by atoms with Gasteiger partial charge in [0.25, 0.3) is 0 Å². The molecule has 3 unspecified atom stereocenters. The molecule has 1 saturated carbocycles. The summed E-state index contributed by atoms with van der Waals surface area (Å²) in [7, 11) is 2.12. The molecule has 0 spiro atoms. The van der Waals surface area contributed by atoms with Crippen molar-refractivity contribution in [2.45, 2.75) is 38.6 Å². The molecular weight excluding hydrogens is 264 g/mol. The monoisotopic (exact) mass is 286 g/mol. The number of hydrogen-bond donors (Lipinski definition) is 1. The van der Waals surface area contributed by atoms with Crippen LogP contribution in [0.4, 0.5) is 0 Å². The van der Waals surface area contributed by atoms with Crippen LogP contribution in [0.25, 0.3) is 0 Å². The van der Waals surface area contributed by atoms with E-state index in [0.29, 0.717) is 11.3 Å². The fraction of sp³-hybridized carbons (Fsp3) is 0.846. The minimum absolute atomic E-state index is 0. The normalized spacial score (nSPS) is 34.9. The van der Waals surface area contributed by atoms with E-state index in [4.69, 9.17) is 4.52 Å². The van der Waals surface area contributed by atoms with Crippen LogP contribution < -0.4 is 5.32 Å².